The summed E-state index contributed by atoms with van der Waals surface area (Å²) < 4.78 is 20.8. The minimum Gasteiger partial charge on any atom is -0.790 e. The van der Waals surface area contributed by atoms with E-state index in [1.807, 2.05) is 0 Å². The number of nitrogens with one attached hydrogen (secondary N) is 1. The first-order valence-electron chi connectivity index (χ1n) is 5.99. The van der Waals surface area contributed by atoms with Crippen molar-refractivity contribution in [3.05, 3.63) is 32.6 Å². The van der Waals surface area contributed by atoms with Gasteiger partial charge in [-0.3, -0.25) is 14.3 Å². The van der Waals surface area contributed by atoms with E-state index in [0.717, 1.165) is 4.57 Å². The Balaban J connectivity index is 0. The van der Waals surface area contributed by atoms with Crippen LogP contribution in [0.15, 0.2) is 15.8 Å². The fourth-order valence-corrected chi connectivity index (χ4v) is 2.33. The minimum atomic E-state index is -5.17. The van der Waals surface area contributed by atoms with Crippen LogP contribution in [0.1, 0.15) is 18.2 Å². The molecule has 0 aliphatic carbocycles. The van der Waals surface area contributed by atoms with Gasteiger partial charge in [0.15, 0.2) is 0 Å². The first-order valence-corrected chi connectivity index (χ1v) is 7.45. The average molecular weight is 384 g/mol. The van der Waals surface area contributed by atoms with Crippen molar-refractivity contribution in [2.24, 2.45) is 0 Å². The quantitative estimate of drug-likeness (QED) is 0.378. The van der Waals surface area contributed by atoms with Crippen LogP contribution >= 0.6 is 7.82 Å². The van der Waals surface area contributed by atoms with Crippen LogP contribution in [0.4, 0.5) is 0 Å². The van der Waals surface area contributed by atoms with Crippen molar-refractivity contribution in [3.63, 3.8) is 0 Å². The second-order valence-corrected chi connectivity index (χ2v) is 5.81. The van der Waals surface area contributed by atoms with Crippen LogP contribution in [0.2, 0.25) is 0 Å². The van der Waals surface area contributed by atoms with Gasteiger partial charge in [-0.15, -0.1) is 0 Å². The molecule has 24 heavy (non-hydrogen) atoms. The second-order valence-electron chi connectivity index (χ2n) is 4.65. The van der Waals surface area contributed by atoms with Gasteiger partial charge in [-0.1, -0.05) is 0 Å². The number of aromatic nitrogens is 2. The van der Waals surface area contributed by atoms with Crippen LogP contribution in [0.25, 0.3) is 0 Å². The maximum Gasteiger partial charge on any atom is 1.00 e. The summed E-state index contributed by atoms with van der Waals surface area (Å²) in [5.74, 6) is 0. The average Bonchev–Trinajstić information content (AvgIpc) is 2.72. The third-order valence-corrected chi connectivity index (χ3v) is 3.52. The molecule has 14 heteroatoms. The van der Waals surface area contributed by atoms with Gasteiger partial charge < -0.3 is 34.2 Å². The molecule has 2 rings (SSSR count). The molecule has 4 N–H and O–H groups in total. The molecule has 0 saturated carbocycles. The van der Waals surface area contributed by atoms with Crippen molar-refractivity contribution in [1.82, 2.24) is 9.55 Å². The zero-order valence-electron chi connectivity index (χ0n) is 13.4. The first kappa shape index (κ1) is 26.9. The van der Waals surface area contributed by atoms with Crippen molar-refractivity contribution >= 4 is 7.82 Å². The van der Waals surface area contributed by atoms with Gasteiger partial charge in [0.1, 0.15) is 12.3 Å². The molecule has 1 aliphatic rings. The van der Waals surface area contributed by atoms with E-state index in [2.05, 4.69) is 9.51 Å². The summed E-state index contributed by atoms with van der Waals surface area (Å²) in [5.41, 5.74) is -0.980. The molecule has 1 aromatic rings. The molecule has 0 bridgehead atoms. The molecular weight excluding hydrogens is 369 g/mol. The summed E-state index contributed by atoms with van der Waals surface area (Å²) in [5, 5.41) is 9.75. The summed E-state index contributed by atoms with van der Waals surface area (Å²) >= 11 is 0. The van der Waals surface area contributed by atoms with Crippen LogP contribution in [0, 0.1) is 6.92 Å². The van der Waals surface area contributed by atoms with Gasteiger partial charge in [-0.25, -0.2) is 4.79 Å². The maximum atomic E-state index is 11.7. The number of hydrogen-bond donors (Lipinski definition) is 2. The molecule has 0 amide bonds. The number of hydrogen-bond acceptors (Lipinski definition) is 8. The van der Waals surface area contributed by atoms with Crippen molar-refractivity contribution < 1.29 is 93.3 Å². The third kappa shape index (κ3) is 7.12. The Morgan fingerprint density at radius 3 is 2.58 bits per heavy atom. The molecule has 1 aliphatic heterocycles. The number of aliphatic hydroxyl groups excluding tert-OH is 1. The van der Waals surface area contributed by atoms with Crippen molar-refractivity contribution in [1.29, 1.82) is 0 Å². The summed E-state index contributed by atoms with van der Waals surface area (Å²) in [7, 11) is -5.17. The number of ether oxygens (including phenoxy) is 1. The van der Waals surface area contributed by atoms with Crippen LogP contribution in [0.5, 0.6) is 0 Å². The summed E-state index contributed by atoms with van der Waals surface area (Å²) in [6.07, 6.45) is -1.81. The predicted molar refractivity (Wildman–Crippen MR) is 67.8 cm³/mol. The standard InChI is InChI=1S/C10H15N2O8P.2Na.H2O/c1-5-3-12(10(15)11-9(5)14)8-2-6(13)7(20-8)4-19-21(16,17)18;;;/h3,6-8,13H,2,4H2,1H3,(H,11,14,15)(H2,16,17,18);;;1H2/q;2*+1;/p-2/t6-,7+,8+;;;/m0.../s1. The summed E-state index contributed by atoms with van der Waals surface area (Å²) in [6, 6.07) is 0. The van der Waals surface area contributed by atoms with E-state index in [1.165, 1.54) is 13.1 Å². The van der Waals surface area contributed by atoms with Gasteiger partial charge in [-0.2, -0.15) is 0 Å². The second kappa shape index (κ2) is 10.7. The molecular formula is C10H15N2Na2O9P. The van der Waals surface area contributed by atoms with E-state index in [0.29, 0.717) is 0 Å². The molecule has 126 valence electrons. The fourth-order valence-electron chi connectivity index (χ4n) is 2.00. The Bertz CT molecular complexity index is 688. The SMILES string of the molecule is Cc1cn([C@H]2C[C@H](O)[C@@H](COP(=O)([O-])[O-])O2)c(=O)[nH]c1=O.O.[Na+].[Na+]. The zero-order chi connectivity index (χ0) is 15.8. The number of aliphatic hydroxyl groups is 1. The Morgan fingerprint density at radius 1 is 1.46 bits per heavy atom. The van der Waals surface area contributed by atoms with E-state index >= 15 is 0 Å². The molecule has 0 spiro atoms. The van der Waals surface area contributed by atoms with Gasteiger partial charge in [0.25, 0.3) is 5.56 Å². The Kier molecular flexibility index (Phi) is 12.0. The Labute approximate surface area is 180 Å². The Morgan fingerprint density at radius 2 is 2.04 bits per heavy atom. The van der Waals surface area contributed by atoms with Crippen molar-refractivity contribution in [2.45, 2.75) is 31.8 Å². The largest absolute Gasteiger partial charge is 1.00 e. The molecule has 0 radical (unpaired) electrons. The molecule has 0 aromatic carbocycles. The maximum absolute atomic E-state index is 11.7. The normalized spacial score (nSPS) is 22.9. The van der Waals surface area contributed by atoms with Gasteiger partial charge in [0.2, 0.25) is 0 Å². The molecule has 3 atom stereocenters. The van der Waals surface area contributed by atoms with Crippen molar-refractivity contribution in [2.75, 3.05) is 6.61 Å². The molecule has 1 saturated heterocycles. The summed E-state index contributed by atoms with van der Waals surface area (Å²) in [6.45, 7) is 0.852. The number of rotatable bonds is 4. The first-order chi connectivity index (χ1) is 9.67. The van der Waals surface area contributed by atoms with E-state index in [9.17, 15) is 29.0 Å². The van der Waals surface area contributed by atoms with Crippen LogP contribution in [-0.2, 0) is 13.8 Å². The van der Waals surface area contributed by atoms with Gasteiger partial charge in [0.05, 0.1) is 20.5 Å². The van der Waals surface area contributed by atoms with E-state index in [-0.39, 0.29) is 76.6 Å². The number of phosphoric ester groups is 1. The zero-order valence-corrected chi connectivity index (χ0v) is 18.3. The van der Waals surface area contributed by atoms with Gasteiger partial charge in [0, 0.05) is 18.2 Å². The molecule has 0 unspecified atom stereocenters. The van der Waals surface area contributed by atoms with Crippen LogP contribution in [0.3, 0.4) is 0 Å². The third-order valence-electron chi connectivity index (χ3n) is 3.06. The predicted octanol–water partition coefficient (Wildman–Crippen LogP) is -9.48. The smallest absolute Gasteiger partial charge is 0.790 e. The van der Waals surface area contributed by atoms with E-state index in [1.54, 1.807) is 0 Å². The number of aromatic amines is 1. The topological polar surface area (TPSA) is 188 Å². The van der Waals surface area contributed by atoms with Gasteiger partial charge >= 0.3 is 64.8 Å². The Hall–Kier alpha value is 0.670. The number of nitrogens with zero attached hydrogens (tertiary/aromatic N) is 1. The monoisotopic (exact) mass is 384 g/mol. The van der Waals surface area contributed by atoms with Crippen molar-refractivity contribution in [3.8, 4) is 0 Å². The number of H-pyrrole nitrogens is 1. The number of phosphoric acid groups is 1. The van der Waals surface area contributed by atoms with E-state index < -0.39 is 44.1 Å². The molecule has 1 aromatic heterocycles. The summed E-state index contributed by atoms with van der Waals surface area (Å²) in [4.78, 5) is 45.8. The molecule has 1 fully saturated rings. The van der Waals surface area contributed by atoms with E-state index in [4.69, 9.17) is 4.74 Å². The van der Waals surface area contributed by atoms with Crippen LogP contribution < -0.4 is 80.2 Å². The van der Waals surface area contributed by atoms with Gasteiger partial charge in [-0.05, 0) is 6.92 Å². The minimum absolute atomic E-state index is 0. The fraction of sp³-hybridized carbons (Fsp3) is 0.600. The van der Waals surface area contributed by atoms with Crippen LogP contribution in [-0.4, -0.2) is 38.9 Å². The number of aryl methyl sites for hydroxylation is 1. The molecule has 2 heterocycles. The molecule has 11 nitrogen and oxygen atoms in total.